The van der Waals surface area contributed by atoms with Crippen LogP contribution in [-0.4, -0.2) is 62.7 Å². The Hall–Kier alpha value is -2.98. The number of amides is 2. The van der Waals surface area contributed by atoms with Crippen molar-refractivity contribution in [3.8, 4) is 0 Å². The van der Waals surface area contributed by atoms with E-state index in [-0.39, 0.29) is 18.1 Å². The SMILES string of the molecule is CCNC(=O)[C@@H](CC)N(Cc1ccccc1)C(=O)CN(c1ccc(F)cc1)S(=O)(=O)N(C)C. The maximum Gasteiger partial charge on any atom is 0.304 e. The highest BCUT2D eigenvalue weighted by Crippen LogP contribution is 2.21. The lowest BCUT2D eigenvalue weighted by atomic mass is 10.1. The third-order valence-electron chi connectivity index (χ3n) is 5.07. The Morgan fingerprint density at radius 3 is 2.12 bits per heavy atom. The average Bonchev–Trinajstić information content (AvgIpc) is 2.78. The summed E-state index contributed by atoms with van der Waals surface area (Å²) >= 11 is 0. The van der Waals surface area contributed by atoms with Crippen molar-refractivity contribution >= 4 is 27.7 Å². The molecule has 0 aliphatic rings. The fourth-order valence-corrected chi connectivity index (χ4v) is 4.37. The van der Waals surface area contributed by atoms with Crippen LogP contribution in [0.4, 0.5) is 10.1 Å². The van der Waals surface area contributed by atoms with E-state index in [0.29, 0.717) is 13.0 Å². The summed E-state index contributed by atoms with van der Waals surface area (Å²) in [6.07, 6.45) is 0.349. The highest BCUT2D eigenvalue weighted by atomic mass is 32.2. The Morgan fingerprint density at radius 2 is 1.61 bits per heavy atom. The van der Waals surface area contributed by atoms with Gasteiger partial charge < -0.3 is 10.2 Å². The van der Waals surface area contributed by atoms with Gasteiger partial charge in [-0.05, 0) is 43.2 Å². The topological polar surface area (TPSA) is 90.0 Å². The van der Waals surface area contributed by atoms with Crippen LogP contribution in [0.1, 0.15) is 25.8 Å². The predicted octanol–water partition coefficient (Wildman–Crippen LogP) is 2.38. The van der Waals surface area contributed by atoms with E-state index in [9.17, 15) is 22.4 Å². The quantitative estimate of drug-likeness (QED) is 0.537. The molecule has 2 aromatic carbocycles. The highest BCUT2D eigenvalue weighted by Gasteiger charge is 2.33. The largest absolute Gasteiger partial charge is 0.355 e. The molecule has 2 amide bonds. The summed E-state index contributed by atoms with van der Waals surface area (Å²) in [6.45, 7) is 3.57. The second-order valence-electron chi connectivity index (χ2n) is 7.60. The first-order valence-corrected chi connectivity index (χ1v) is 12.1. The smallest absolute Gasteiger partial charge is 0.304 e. The maximum absolute atomic E-state index is 13.5. The summed E-state index contributed by atoms with van der Waals surface area (Å²) in [5.41, 5.74) is 0.946. The number of nitrogens with zero attached hydrogens (tertiary/aromatic N) is 3. The van der Waals surface area contributed by atoms with Crippen LogP contribution in [0.3, 0.4) is 0 Å². The number of hydrogen-bond donors (Lipinski definition) is 1. The van der Waals surface area contributed by atoms with Gasteiger partial charge in [0.1, 0.15) is 18.4 Å². The molecule has 1 N–H and O–H groups in total. The zero-order valence-corrected chi connectivity index (χ0v) is 20.2. The zero-order valence-electron chi connectivity index (χ0n) is 19.4. The van der Waals surface area contributed by atoms with Crippen LogP contribution in [0.25, 0.3) is 0 Å². The fraction of sp³-hybridized carbons (Fsp3) is 0.391. The van der Waals surface area contributed by atoms with E-state index in [1.54, 1.807) is 13.8 Å². The molecule has 10 heteroatoms. The van der Waals surface area contributed by atoms with Crippen molar-refractivity contribution in [2.75, 3.05) is 31.5 Å². The first-order valence-electron chi connectivity index (χ1n) is 10.7. The zero-order chi connectivity index (χ0) is 24.6. The molecule has 0 aliphatic carbocycles. The predicted molar refractivity (Wildman–Crippen MR) is 126 cm³/mol. The Bertz CT molecular complexity index is 1030. The Balaban J connectivity index is 2.46. The monoisotopic (exact) mass is 478 g/mol. The number of nitrogens with one attached hydrogen (secondary N) is 1. The molecule has 1 atom stereocenters. The number of halogens is 1. The number of carbonyl (C=O) groups is 2. The van der Waals surface area contributed by atoms with E-state index in [2.05, 4.69) is 5.32 Å². The molecular weight excluding hydrogens is 447 g/mol. The van der Waals surface area contributed by atoms with Crippen molar-refractivity contribution in [1.82, 2.24) is 14.5 Å². The lowest BCUT2D eigenvalue weighted by molar-refractivity contribution is -0.140. The first-order chi connectivity index (χ1) is 15.6. The van der Waals surface area contributed by atoms with E-state index < -0.39 is 34.5 Å². The average molecular weight is 479 g/mol. The highest BCUT2D eigenvalue weighted by molar-refractivity contribution is 7.90. The van der Waals surface area contributed by atoms with Gasteiger partial charge in [0.05, 0.1) is 5.69 Å². The van der Waals surface area contributed by atoms with E-state index in [1.807, 2.05) is 30.3 Å². The second kappa shape index (κ2) is 11.8. The van der Waals surface area contributed by atoms with Crippen LogP contribution in [0.2, 0.25) is 0 Å². The third-order valence-corrected chi connectivity index (χ3v) is 6.89. The van der Waals surface area contributed by atoms with Gasteiger partial charge >= 0.3 is 10.2 Å². The third kappa shape index (κ3) is 6.75. The second-order valence-corrected chi connectivity index (χ2v) is 9.67. The molecule has 0 fully saturated rings. The Labute approximate surface area is 195 Å². The van der Waals surface area contributed by atoms with Crippen LogP contribution >= 0.6 is 0 Å². The minimum atomic E-state index is -4.07. The van der Waals surface area contributed by atoms with Gasteiger partial charge in [-0.3, -0.25) is 9.59 Å². The lowest BCUT2D eigenvalue weighted by Crippen LogP contribution is -2.53. The molecule has 2 rings (SSSR count). The summed E-state index contributed by atoms with van der Waals surface area (Å²) < 4.78 is 41.4. The molecule has 0 saturated heterocycles. The minimum absolute atomic E-state index is 0.134. The normalized spacial score (nSPS) is 12.3. The molecule has 0 aliphatic heterocycles. The molecule has 0 heterocycles. The van der Waals surface area contributed by atoms with Gasteiger partial charge in [0.2, 0.25) is 11.8 Å². The summed E-state index contributed by atoms with van der Waals surface area (Å²) in [5, 5.41) is 2.74. The van der Waals surface area contributed by atoms with Gasteiger partial charge in [0, 0.05) is 27.2 Å². The van der Waals surface area contributed by atoms with E-state index in [0.717, 1.165) is 26.3 Å². The molecule has 33 heavy (non-hydrogen) atoms. The molecule has 180 valence electrons. The summed E-state index contributed by atoms with van der Waals surface area (Å²) in [7, 11) is -1.38. The van der Waals surface area contributed by atoms with Crippen molar-refractivity contribution < 1.29 is 22.4 Å². The number of benzene rings is 2. The van der Waals surface area contributed by atoms with Crippen LogP contribution in [0.15, 0.2) is 54.6 Å². The number of rotatable bonds is 11. The van der Waals surface area contributed by atoms with Gasteiger partial charge in [-0.1, -0.05) is 37.3 Å². The van der Waals surface area contributed by atoms with Gasteiger partial charge in [-0.15, -0.1) is 0 Å². The molecule has 0 saturated carbocycles. The first kappa shape index (κ1) is 26.3. The van der Waals surface area contributed by atoms with E-state index in [4.69, 9.17) is 0 Å². The number of likely N-dealkylation sites (N-methyl/N-ethyl adjacent to an activating group) is 1. The van der Waals surface area contributed by atoms with Crippen molar-refractivity contribution in [2.45, 2.75) is 32.9 Å². The molecule has 0 aromatic heterocycles. The van der Waals surface area contributed by atoms with Crippen molar-refractivity contribution in [3.05, 3.63) is 66.0 Å². The Morgan fingerprint density at radius 1 is 1.00 bits per heavy atom. The number of anilines is 1. The summed E-state index contributed by atoms with van der Waals surface area (Å²) in [4.78, 5) is 27.6. The van der Waals surface area contributed by atoms with Gasteiger partial charge in [0.15, 0.2) is 0 Å². The van der Waals surface area contributed by atoms with Crippen molar-refractivity contribution in [1.29, 1.82) is 0 Å². The van der Waals surface area contributed by atoms with Crippen LogP contribution in [0.5, 0.6) is 0 Å². The maximum atomic E-state index is 13.5. The molecule has 2 aromatic rings. The molecule has 0 unspecified atom stereocenters. The van der Waals surface area contributed by atoms with E-state index >= 15 is 0 Å². The van der Waals surface area contributed by atoms with Gasteiger partial charge in [-0.2, -0.15) is 12.7 Å². The van der Waals surface area contributed by atoms with Crippen LogP contribution < -0.4 is 9.62 Å². The molecular formula is C23H31FN4O4S. The summed E-state index contributed by atoms with van der Waals surface area (Å²) in [5.74, 6) is -1.39. The van der Waals surface area contributed by atoms with Gasteiger partial charge in [-0.25, -0.2) is 8.70 Å². The minimum Gasteiger partial charge on any atom is -0.355 e. The van der Waals surface area contributed by atoms with Crippen molar-refractivity contribution in [3.63, 3.8) is 0 Å². The molecule has 0 spiro atoms. The summed E-state index contributed by atoms with van der Waals surface area (Å²) in [6, 6.07) is 13.2. The van der Waals surface area contributed by atoms with Gasteiger partial charge in [0.25, 0.3) is 0 Å². The van der Waals surface area contributed by atoms with E-state index in [1.165, 1.54) is 31.1 Å². The fourth-order valence-electron chi connectivity index (χ4n) is 3.32. The van der Waals surface area contributed by atoms with Crippen LogP contribution in [0, 0.1) is 5.82 Å². The number of carbonyl (C=O) groups excluding carboxylic acids is 2. The van der Waals surface area contributed by atoms with Crippen LogP contribution in [-0.2, 0) is 26.3 Å². The standard InChI is InChI=1S/C23H31FN4O4S/c1-5-21(23(30)25-6-2)27(16-18-10-8-7-9-11-18)22(29)17-28(33(31,32)26(3)4)20-14-12-19(24)13-15-20/h7-15,21H,5-6,16-17H2,1-4H3,(H,25,30)/t21-/m1/s1. The molecule has 8 nitrogen and oxygen atoms in total. The molecule has 0 radical (unpaired) electrons. The Kier molecular flexibility index (Phi) is 9.36. The van der Waals surface area contributed by atoms with Crippen molar-refractivity contribution in [2.24, 2.45) is 0 Å². The number of hydrogen-bond acceptors (Lipinski definition) is 4. The molecule has 0 bridgehead atoms. The lowest BCUT2D eigenvalue weighted by Gasteiger charge is -2.33.